The molecule has 132 valence electrons. The highest BCUT2D eigenvalue weighted by Crippen LogP contribution is 2.38. The quantitative estimate of drug-likeness (QED) is 0.437. The molecule has 1 unspecified atom stereocenters. The third-order valence-electron chi connectivity index (χ3n) is 4.89. The minimum absolute atomic E-state index is 0.139. The average molecular weight is 354 g/mol. The highest BCUT2D eigenvalue weighted by molar-refractivity contribution is 6.92. The van der Waals surface area contributed by atoms with Crippen molar-refractivity contribution in [3.8, 4) is 0 Å². The lowest BCUT2D eigenvalue weighted by molar-refractivity contribution is -0.139. The number of allylic oxidation sites excluding steroid dienone is 1. The Bertz CT molecular complexity index is 708. The maximum absolute atomic E-state index is 12.0. The zero-order valence-corrected chi connectivity index (χ0v) is 16.5. The van der Waals surface area contributed by atoms with Crippen LogP contribution >= 0.6 is 0 Å². The van der Waals surface area contributed by atoms with Gasteiger partial charge in [-0.1, -0.05) is 69.8 Å². The second-order valence-corrected chi connectivity index (χ2v) is 12.6. The number of benzene rings is 1. The minimum Gasteiger partial charge on any atom is -0.458 e. The Morgan fingerprint density at radius 2 is 1.80 bits per heavy atom. The van der Waals surface area contributed by atoms with Crippen LogP contribution in [0.1, 0.15) is 26.3 Å². The van der Waals surface area contributed by atoms with Crippen LogP contribution in [0, 0.1) is 0 Å². The van der Waals surface area contributed by atoms with Gasteiger partial charge in [0.25, 0.3) is 0 Å². The van der Waals surface area contributed by atoms with Gasteiger partial charge in [-0.2, -0.15) is 0 Å². The first kappa shape index (κ1) is 19.1. The van der Waals surface area contributed by atoms with Crippen molar-refractivity contribution in [2.75, 3.05) is 0 Å². The van der Waals surface area contributed by atoms with E-state index in [2.05, 4.69) is 38.4 Å². The van der Waals surface area contributed by atoms with Gasteiger partial charge in [0.05, 0.1) is 0 Å². The van der Waals surface area contributed by atoms with E-state index >= 15 is 0 Å². The lowest BCUT2D eigenvalue weighted by Crippen LogP contribution is -2.53. The van der Waals surface area contributed by atoms with Gasteiger partial charge in [0.15, 0.2) is 0 Å². The SMILES string of the molecule is CC(C)(C)[Si](C)(C/C=C/C(=O)OCc1ccccc1)c1ccccn1. The normalized spacial score (nSPS) is 14.2. The van der Waals surface area contributed by atoms with E-state index in [0.29, 0.717) is 6.61 Å². The van der Waals surface area contributed by atoms with Crippen LogP contribution in [0.15, 0.2) is 66.9 Å². The lowest BCUT2D eigenvalue weighted by Gasteiger charge is -2.38. The maximum Gasteiger partial charge on any atom is 0.330 e. The fraction of sp³-hybridized carbons (Fsp3) is 0.333. The third-order valence-corrected chi connectivity index (χ3v) is 10.7. The number of hydrogen-bond acceptors (Lipinski definition) is 3. The van der Waals surface area contributed by atoms with Crippen molar-refractivity contribution in [1.82, 2.24) is 4.98 Å². The molecule has 1 aromatic carbocycles. The number of carbonyl (C=O) groups is 1. The highest BCUT2D eigenvalue weighted by Gasteiger charge is 2.41. The molecule has 2 aromatic rings. The predicted molar refractivity (Wildman–Crippen MR) is 105 cm³/mol. The Balaban J connectivity index is 2.00. The van der Waals surface area contributed by atoms with Crippen LogP contribution < -0.4 is 5.32 Å². The molecule has 0 aliphatic heterocycles. The molecule has 0 amide bonds. The molecule has 1 aromatic heterocycles. The van der Waals surface area contributed by atoms with Crippen LogP contribution in [-0.2, 0) is 16.1 Å². The van der Waals surface area contributed by atoms with Crippen molar-refractivity contribution in [2.45, 2.75) is 45.0 Å². The van der Waals surface area contributed by atoms with Gasteiger partial charge in [-0.3, -0.25) is 4.98 Å². The number of pyridine rings is 1. The first-order valence-corrected chi connectivity index (χ1v) is 11.3. The summed E-state index contributed by atoms with van der Waals surface area (Å²) in [4.78, 5) is 16.6. The van der Waals surface area contributed by atoms with Crippen LogP contribution in [0.4, 0.5) is 0 Å². The largest absolute Gasteiger partial charge is 0.458 e. The van der Waals surface area contributed by atoms with Gasteiger partial charge in [0.1, 0.15) is 14.7 Å². The summed E-state index contributed by atoms with van der Waals surface area (Å²) >= 11 is 0. The highest BCUT2D eigenvalue weighted by atomic mass is 28.3. The Kier molecular flexibility index (Phi) is 6.31. The number of ether oxygens (including phenoxy) is 1. The van der Waals surface area contributed by atoms with Crippen LogP contribution in [0.25, 0.3) is 0 Å². The fourth-order valence-electron chi connectivity index (χ4n) is 2.65. The van der Waals surface area contributed by atoms with Crippen molar-refractivity contribution >= 4 is 19.4 Å². The zero-order valence-electron chi connectivity index (χ0n) is 15.5. The molecule has 0 aliphatic rings. The number of nitrogens with zero attached hydrogens (tertiary/aromatic N) is 1. The molecule has 3 nitrogen and oxygen atoms in total. The van der Waals surface area contributed by atoms with E-state index in [1.165, 1.54) is 5.32 Å². The smallest absolute Gasteiger partial charge is 0.330 e. The standard InChI is InChI=1S/C21H27NO2Si/c1-21(2,3)25(4,19-13-8-9-15-22-19)16-10-14-20(23)24-17-18-11-6-5-7-12-18/h5-15H,16-17H2,1-4H3/b14-10+. The van der Waals surface area contributed by atoms with E-state index in [1.807, 2.05) is 54.7 Å². The third kappa shape index (κ3) is 5.13. The first-order chi connectivity index (χ1) is 11.8. The van der Waals surface area contributed by atoms with Gasteiger partial charge in [-0.25, -0.2) is 4.79 Å². The number of carbonyl (C=O) groups excluding carboxylic acids is 1. The average Bonchev–Trinajstić information content (AvgIpc) is 2.60. The second-order valence-electron chi connectivity index (χ2n) is 7.50. The summed E-state index contributed by atoms with van der Waals surface area (Å²) < 4.78 is 5.31. The molecular weight excluding hydrogens is 326 g/mol. The van der Waals surface area contributed by atoms with E-state index in [4.69, 9.17) is 4.74 Å². The topological polar surface area (TPSA) is 39.2 Å². The molecule has 25 heavy (non-hydrogen) atoms. The Morgan fingerprint density at radius 1 is 1.12 bits per heavy atom. The predicted octanol–water partition coefficient (Wildman–Crippen LogP) is 4.47. The van der Waals surface area contributed by atoms with E-state index in [9.17, 15) is 4.79 Å². The Morgan fingerprint density at radius 3 is 2.40 bits per heavy atom. The van der Waals surface area contributed by atoms with Crippen molar-refractivity contribution < 1.29 is 9.53 Å². The summed E-state index contributed by atoms with van der Waals surface area (Å²) in [6.07, 6.45) is 5.37. The van der Waals surface area contributed by atoms with Gasteiger partial charge >= 0.3 is 5.97 Å². The lowest BCUT2D eigenvalue weighted by atomic mass is 10.2. The molecule has 4 heteroatoms. The molecule has 0 aliphatic carbocycles. The van der Waals surface area contributed by atoms with E-state index in [-0.39, 0.29) is 11.0 Å². The van der Waals surface area contributed by atoms with Crippen molar-refractivity contribution in [1.29, 1.82) is 0 Å². The van der Waals surface area contributed by atoms with Gasteiger partial charge in [-0.15, -0.1) is 0 Å². The van der Waals surface area contributed by atoms with Gasteiger partial charge < -0.3 is 4.74 Å². The number of aromatic nitrogens is 1. The molecule has 0 fully saturated rings. The van der Waals surface area contributed by atoms with Crippen molar-refractivity contribution in [3.05, 3.63) is 72.4 Å². The minimum atomic E-state index is -1.89. The monoisotopic (exact) mass is 353 g/mol. The van der Waals surface area contributed by atoms with Crippen LogP contribution in [0.2, 0.25) is 17.6 Å². The number of rotatable bonds is 6. The molecule has 2 rings (SSSR count). The van der Waals surface area contributed by atoms with Crippen LogP contribution in [-0.4, -0.2) is 19.0 Å². The molecular formula is C21H27NO2Si. The molecule has 0 saturated carbocycles. The van der Waals surface area contributed by atoms with Crippen molar-refractivity contribution in [2.24, 2.45) is 0 Å². The van der Waals surface area contributed by atoms with Crippen molar-refractivity contribution in [3.63, 3.8) is 0 Å². The van der Waals surface area contributed by atoms with Gasteiger partial charge in [-0.05, 0) is 28.8 Å². The Labute approximate surface area is 151 Å². The summed E-state index contributed by atoms with van der Waals surface area (Å²) in [6.45, 7) is 9.41. The summed E-state index contributed by atoms with van der Waals surface area (Å²) in [5.41, 5.74) is 0.992. The molecule has 0 N–H and O–H groups in total. The van der Waals surface area contributed by atoms with Gasteiger partial charge in [0.2, 0.25) is 0 Å². The number of hydrogen-bond donors (Lipinski definition) is 0. The zero-order chi connectivity index (χ0) is 18.3. The molecule has 1 heterocycles. The van der Waals surface area contributed by atoms with E-state index < -0.39 is 8.07 Å². The van der Waals surface area contributed by atoms with E-state index in [1.54, 1.807) is 6.08 Å². The summed E-state index contributed by atoms with van der Waals surface area (Å²) in [7, 11) is -1.89. The summed E-state index contributed by atoms with van der Waals surface area (Å²) in [5, 5.41) is 1.31. The molecule has 0 saturated heterocycles. The maximum atomic E-state index is 12.0. The summed E-state index contributed by atoms with van der Waals surface area (Å²) in [6, 6.07) is 16.7. The van der Waals surface area contributed by atoms with Crippen LogP contribution in [0.3, 0.4) is 0 Å². The molecule has 0 spiro atoms. The molecule has 0 bridgehead atoms. The van der Waals surface area contributed by atoms with Crippen LogP contribution in [0.5, 0.6) is 0 Å². The summed E-state index contributed by atoms with van der Waals surface area (Å²) in [5.74, 6) is -0.296. The van der Waals surface area contributed by atoms with Gasteiger partial charge in [0, 0.05) is 17.6 Å². The molecule has 1 atom stereocenters. The molecule has 0 radical (unpaired) electrons. The first-order valence-electron chi connectivity index (χ1n) is 8.62. The Hall–Kier alpha value is -2.20. The second kappa shape index (κ2) is 8.25. The fourth-order valence-corrected chi connectivity index (χ4v) is 5.65. The van der Waals surface area contributed by atoms with E-state index in [0.717, 1.165) is 11.6 Å². The number of esters is 1.